The summed E-state index contributed by atoms with van der Waals surface area (Å²) >= 11 is 0. The molecule has 88 valence electrons. The van der Waals surface area contributed by atoms with E-state index >= 15 is 0 Å². The summed E-state index contributed by atoms with van der Waals surface area (Å²) in [7, 11) is 0. The Labute approximate surface area is 95.1 Å². The Bertz CT molecular complexity index is 317. The van der Waals surface area contributed by atoms with Crippen molar-refractivity contribution in [3.63, 3.8) is 0 Å². The Morgan fingerprint density at radius 1 is 1.31 bits per heavy atom. The summed E-state index contributed by atoms with van der Waals surface area (Å²) in [6.45, 7) is 0.792. The van der Waals surface area contributed by atoms with Crippen molar-refractivity contribution in [1.82, 2.24) is 0 Å². The normalized spacial score (nSPS) is 23.0. The summed E-state index contributed by atoms with van der Waals surface area (Å²) in [5, 5.41) is 9.96. The van der Waals surface area contributed by atoms with Crippen LogP contribution in [0.5, 0.6) is 0 Å². The van der Waals surface area contributed by atoms with Crippen molar-refractivity contribution in [1.29, 1.82) is 0 Å². The molecule has 1 saturated heterocycles. The fraction of sp³-hybridized carbons (Fsp3) is 0.538. The first-order valence-corrected chi connectivity index (χ1v) is 5.81. The zero-order valence-corrected chi connectivity index (χ0v) is 9.23. The lowest BCUT2D eigenvalue weighted by molar-refractivity contribution is -0.0155. The van der Waals surface area contributed by atoms with Gasteiger partial charge in [-0.3, -0.25) is 0 Å². The lowest BCUT2D eigenvalue weighted by Gasteiger charge is -2.24. The van der Waals surface area contributed by atoms with E-state index in [9.17, 15) is 9.50 Å². The van der Waals surface area contributed by atoms with Crippen LogP contribution in [0, 0.1) is 5.82 Å². The summed E-state index contributed by atoms with van der Waals surface area (Å²) in [6.07, 6.45) is 3.49. The third kappa shape index (κ3) is 3.03. The van der Waals surface area contributed by atoms with Gasteiger partial charge in [-0.25, -0.2) is 4.39 Å². The molecule has 0 spiro atoms. The molecule has 1 aliphatic rings. The molecular weight excluding hydrogens is 207 g/mol. The first-order valence-electron chi connectivity index (χ1n) is 5.81. The average molecular weight is 224 g/mol. The highest BCUT2D eigenvalue weighted by Gasteiger charge is 2.18. The molecule has 0 saturated carbocycles. The van der Waals surface area contributed by atoms with Gasteiger partial charge in [0.25, 0.3) is 0 Å². The van der Waals surface area contributed by atoms with Gasteiger partial charge in [-0.2, -0.15) is 0 Å². The van der Waals surface area contributed by atoms with E-state index in [1.54, 1.807) is 12.1 Å². The maximum Gasteiger partial charge on any atom is 0.123 e. The third-order valence-corrected chi connectivity index (χ3v) is 3.01. The van der Waals surface area contributed by atoms with Crippen LogP contribution in [0.2, 0.25) is 0 Å². The quantitative estimate of drug-likeness (QED) is 0.855. The molecule has 1 fully saturated rings. The van der Waals surface area contributed by atoms with E-state index in [4.69, 9.17) is 4.74 Å². The number of hydrogen-bond donors (Lipinski definition) is 1. The zero-order valence-electron chi connectivity index (χ0n) is 9.23. The number of ether oxygens (including phenoxy) is 1. The first-order chi connectivity index (χ1) is 7.75. The highest BCUT2D eigenvalue weighted by Crippen LogP contribution is 2.24. The summed E-state index contributed by atoms with van der Waals surface area (Å²) in [6, 6.07) is 6.01. The van der Waals surface area contributed by atoms with Crippen LogP contribution < -0.4 is 0 Å². The average Bonchev–Trinajstić information content (AvgIpc) is 2.31. The Hall–Kier alpha value is -0.930. The molecular formula is C13H17FO2. The van der Waals surface area contributed by atoms with Gasteiger partial charge in [-0.1, -0.05) is 12.1 Å². The van der Waals surface area contributed by atoms with Crippen molar-refractivity contribution in [2.24, 2.45) is 0 Å². The lowest BCUT2D eigenvalue weighted by atomic mass is 9.99. The highest BCUT2D eigenvalue weighted by molar-refractivity contribution is 5.18. The van der Waals surface area contributed by atoms with E-state index in [-0.39, 0.29) is 11.9 Å². The Morgan fingerprint density at radius 2 is 2.06 bits per heavy atom. The van der Waals surface area contributed by atoms with Crippen molar-refractivity contribution in [3.8, 4) is 0 Å². The summed E-state index contributed by atoms with van der Waals surface area (Å²) < 4.78 is 18.3. The van der Waals surface area contributed by atoms with Crippen LogP contribution in [-0.2, 0) is 4.74 Å². The van der Waals surface area contributed by atoms with Crippen LogP contribution in [0.3, 0.4) is 0 Å². The van der Waals surface area contributed by atoms with Gasteiger partial charge < -0.3 is 9.84 Å². The second-order valence-electron chi connectivity index (χ2n) is 4.29. The van der Waals surface area contributed by atoms with E-state index in [0.29, 0.717) is 6.42 Å². The molecule has 0 aromatic heterocycles. The highest BCUT2D eigenvalue weighted by atomic mass is 19.1. The van der Waals surface area contributed by atoms with Crippen molar-refractivity contribution in [2.45, 2.75) is 37.9 Å². The van der Waals surface area contributed by atoms with Gasteiger partial charge in [0.1, 0.15) is 5.82 Å². The van der Waals surface area contributed by atoms with Gasteiger partial charge >= 0.3 is 0 Å². The van der Waals surface area contributed by atoms with E-state index in [0.717, 1.165) is 25.0 Å². The molecule has 1 heterocycles. The molecule has 1 aromatic carbocycles. The maximum atomic E-state index is 12.7. The van der Waals surface area contributed by atoms with Crippen LogP contribution in [0.25, 0.3) is 0 Å². The molecule has 2 atom stereocenters. The first kappa shape index (κ1) is 11.6. The summed E-state index contributed by atoms with van der Waals surface area (Å²) in [5.41, 5.74) is 0.760. The topological polar surface area (TPSA) is 29.5 Å². The monoisotopic (exact) mass is 224 g/mol. The van der Waals surface area contributed by atoms with E-state index in [2.05, 4.69) is 0 Å². The number of rotatable bonds is 3. The van der Waals surface area contributed by atoms with Gasteiger partial charge in [-0.05, 0) is 37.0 Å². The standard InChI is InChI=1S/C13H17FO2/c14-11-6-4-10(5-7-11)13(15)9-12-3-1-2-8-16-12/h4-7,12-13,15H,1-3,8-9H2. The molecule has 3 heteroatoms. The molecule has 0 bridgehead atoms. The third-order valence-electron chi connectivity index (χ3n) is 3.01. The smallest absolute Gasteiger partial charge is 0.123 e. The SMILES string of the molecule is OC(CC1CCCCO1)c1ccc(F)cc1. The van der Waals surface area contributed by atoms with E-state index in [1.807, 2.05) is 0 Å². The van der Waals surface area contributed by atoms with Gasteiger partial charge in [0.05, 0.1) is 12.2 Å². The van der Waals surface area contributed by atoms with Crippen LogP contribution in [-0.4, -0.2) is 17.8 Å². The fourth-order valence-electron chi connectivity index (χ4n) is 2.06. The predicted molar refractivity (Wildman–Crippen MR) is 59.6 cm³/mol. The zero-order chi connectivity index (χ0) is 11.4. The minimum atomic E-state index is -0.552. The van der Waals surface area contributed by atoms with Gasteiger partial charge in [0.2, 0.25) is 0 Å². The van der Waals surface area contributed by atoms with Gasteiger partial charge in [0.15, 0.2) is 0 Å². The van der Waals surface area contributed by atoms with E-state index in [1.165, 1.54) is 18.6 Å². The molecule has 0 radical (unpaired) electrons. The molecule has 1 aromatic rings. The molecule has 1 aliphatic heterocycles. The van der Waals surface area contributed by atoms with Crippen LogP contribution in [0.1, 0.15) is 37.4 Å². The largest absolute Gasteiger partial charge is 0.388 e. The van der Waals surface area contributed by atoms with Crippen LogP contribution in [0.4, 0.5) is 4.39 Å². The predicted octanol–water partition coefficient (Wildman–Crippen LogP) is 2.82. The molecule has 2 nitrogen and oxygen atoms in total. The van der Waals surface area contributed by atoms with Crippen molar-refractivity contribution in [2.75, 3.05) is 6.61 Å². The number of aliphatic hydroxyl groups excluding tert-OH is 1. The molecule has 0 aliphatic carbocycles. The molecule has 2 unspecified atom stereocenters. The van der Waals surface area contributed by atoms with Crippen LogP contribution in [0.15, 0.2) is 24.3 Å². The Balaban J connectivity index is 1.91. The second kappa shape index (κ2) is 5.41. The summed E-state index contributed by atoms with van der Waals surface area (Å²) in [4.78, 5) is 0. The van der Waals surface area contributed by atoms with Crippen molar-refractivity contribution < 1.29 is 14.2 Å². The minimum absolute atomic E-state index is 0.147. The Morgan fingerprint density at radius 3 is 2.69 bits per heavy atom. The fourth-order valence-corrected chi connectivity index (χ4v) is 2.06. The van der Waals surface area contributed by atoms with Crippen LogP contribution >= 0.6 is 0 Å². The summed E-state index contributed by atoms with van der Waals surface area (Å²) in [5.74, 6) is -0.273. The molecule has 0 amide bonds. The van der Waals surface area contributed by atoms with Crippen molar-refractivity contribution in [3.05, 3.63) is 35.6 Å². The van der Waals surface area contributed by atoms with E-state index < -0.39 is 6.10 Å². The van der Waals surface area contributed by atoms with Gasteiger partial charge in [0, 0.05) is 13.0 Å². The number of halogens is 1. The number of benzene rings is 1. The second-order valence-corrected chi connectivity index (χ2v) is 4.29. The molecule has 1 N–H and O–H groups in total. The van der Waals surface area contributed by atoms with Gasteiger partial charge in [-0.15, -0.1) is 0 Å². The minimum Gasteiger partial charge on any atom is -0.388 e. The Kier molecular flexibility index (Phi) is 3.91. The lowest BCUT2D eigenvalue weighted by Crippen LogP contribution is -2.21. The number of aliphatic hydroxyl groups is 1. The molecule has 2 rings (SSSR count). The number of hydrogen-bond acceptors (Lipinski definition) is 2. The maximum absolute atomic E-state index is 12.7. The molecule has 16 heavy (non-hydrogen) atoms. The van der Waals surface area contributed by atoms with Crippen molar-refractivity contribution >= 4 is 0 Å².